The summed E-state index contributed by atoms with van der Waals surface area (Å²) in [4.78, 5) is 22.6. The van der Waals surface area contributed by atoms with Crippen molar-refractivity contribution in [2.24, 2.45) is 0 Å². The summed E-state index contributed by atoms with van der Waals surface area (Å²) in [6.07, 6.45) is 2.96. The molecule has 1 heterocycles. The molecule has 0 bridgehead atoms. The molecular formula is C19H15N5O. The third-order valence-corrected chi connectivity index (χ3v) is 3.65. The van der Waals surface area contributed by atoms with Gasteiger partial charge in [0.1, 0.15) is 11.8 Å². The van der Waals surface area contributed by atoms with Gasteiger partial charge in [-0.2, -0.15) is 5.26 Å². The van der Waals surface area contributed by atoms with Crippen molar-refractivity contribution in [1.82, 2.24) is 9.97 Å². The van der Waals surface area contributed by atoms with E-state index in [1.165, 1.54) is 12.4 Å². The van der Waals surface area contributed by atoms with E-state index in [1.807, 2.05) is 48.3 Å². The van der Waals surface area contributed by atoms with Gasteiger partial charge in [-0.15, -0.1) is 0 Å². The van der Waals surface area contributed by atoms with Crippen LogP contribution in [0.3, 0.4) is 0 Å². The molecule has 0 unspecified atom stereocenters. The summed E-state index contributed by atoms with van der Waals surface area (Å²) in [5, 5.41) is 11.8. The van der Waals surface area contributed by atoms with Crippen LogP contribution in [0.5, 0.6) is 0 Å². The fraction of sp³-hybridized carbons (Fsp3) is 0.0526. The van der Waals surface area contributed by atoms with Crippen LogP contribution in [0.15, 0.2) is 67.0 Å². The standard InChI is InChI=1S/C19H15N5O/c1-24(15-8-3-2-4-9-15)18-13-21-17(12-22-18)19(25)23-16-10-6-5-7-14(16)11-20/h2-10,12-13H,1H3,(H,23,25). The first-order valence-electron chi connectivity index (χ1n) is 7.60. The topological polar surface area (TPSA) is 81.9 Å². The number of hydrogen-bond donors (Lipinski definition) is 1. The zero-order valence-corrected chi connectivity index (χ0v) is 13.5. The van der Waals surface area contributed by atoms with Crippen molar-refractivity contribution in [3.8, 4) is 6.07 Å². The zero-order chi connectivity index (χ0) is 17.6. The second-order valence-electron chi connectivity index (χ2n) is 5.27. The lowest BCUT2D eigenvalue weighted by Gasteiger charge is -2.17. The second-order valence-corrected chi connectivity index (χ2v) is 5.27. The van der Waals surface area contributed by atoms with Gasteiger partial charge in [-0.3, -0.25) is 4.79 Å². The van der Waals surface area contributed by atoms with Crippen LogP contribution in [-0.2, 0) is 0 Å². The van der Waals surface area contributed by atoms with E-state index in [1.54, 1.807) is 24.3 Å². The van der Waals surface area contributed by atoms with E-state index in [-0.39, 0.29) is 5.69 Å². The fourth-order valence-corrected chi connectivity index (χ4v) is 2.27. The lowest BCUT2D eigenvalue weighted by Crippen LogP contribution is -2.17. The smallest absolute Gasteiger partial charge is 0.275 e. The number of benzene rings is 2. The highest BCUT2D eigenvalue weighted by molar-refractivity contribution is 6.03. The van der Waals surface area contributed by atoms with Crippen molar-refractivity contribution >= 4 is 23.1 Å². The van der Waals surface area contributed by atoms with Gasteiger partial charge in [0.05, 0.1) is 23.6 Å². The molecule has 0 spiro atoms. The first kappa shape index (κ1) is 16.1. The Bertz CT molecular complexity index is 917. The summed E-state index contributed by atoms with van der Waals surface area (Å²) in [6, 6.07) is 18.6. The van der Waals surface area contributed by atoms with Gasteiger partial charge in [-0.25, -0.2) is 9.97 Å². The number of carbonyl (C=O) groups is 1. The molecule has 1 N–H and O–H groups in total. The number of hydrogen-bond acceptors (Lipinski definition) is 5. The minimum Gasteiger partial charge on any atom is -0.328 e. The van der Waals surface area contributed by atoms with Crippen molar-refractivity contribution in [2.75, 3.05) is 17.3 Å². The Morgan fingerprint density at radius 2 is 1.76 bits per heavy atom. The van der Waals surface area contributed by atoms with Crippen LogP contribution in [0.1, 0.15) is 16.1 Å². The normalized spacial score (nSPS) is 9.92. The third-order valence-electron chi connectivity index (χ3n) is 3.65. The fourth-order valence-electron chi connectivity index (χ4n) is 2.27. The molecule has 0 saturated heterocycles. The monoisotopic (exact) mass is 329 g/mol. The first-order valence-corrected chi connectivity index (χ1v) is 7.60. The molecular weight excluding hydrogens is 314 g/mol. The molecule has 3 aromatic rings. The van der Waals surface area contributed by atoms with Gasteiger partial charge in [0.15, 0.2) is 5.82 Å². The Morgan fingerprint density at radius 1 is 1.04 bits per heavy atom. The molecule has 2 aromatic carbocycles. The summed E-state index contributed by atoms with van der Waals surface area (Å²) in [6.45, 7) is 0. The van der Waals surface area contributed by atoms with Gasteiger partial charge in [-0.05, 0) is 24.3 Å². The zero-order valence-electron chi connectivity index (χ0n) is 13.5. The average molecular weight is 329 g/mol. The van der Waals surface area contributed by atoms with Gasteiger partial charge >= 0.3 is 0 Å². The Morgan fingerprint density at radius 3 is 2.44 bits per heavy atom. The largest absolute Gasteiger partial charge is 0.328 e. The number of carbonyl (C=O) groups excluding carboxylic acids is 1. The van der Waals surface area contributed by atoms with Crippen LogP contribution < -0.4 is 10.2 Å². The SMILES string of the molecule is CN(c1ccccc1)c1cnc(C(=O)Nc2ccccc2C#N)cn1. The molecule has 3 rings (SSSR count). The summed E-state index contributed by atoms with van der Waals surface area (Å²) >= 11 is 0. The van der Waals surface area contributed by atoms with Crippen molar-refractivity contribution < 1.29 is 4.79 Å². The Kier molecular flexibility index (Phi) is 4.67. The van der Waals surface area contributed by atoms with E-state index in [0.29, 0.717) is 17.1 Å². The quantitative estimate of drug-likeness (QED) is 0.793. The van der Waals surface area contributed by atoms with Crippen molar-refractivity contribution in [3.05, 3.63) is 78.2 Å². The van der Waals surface area contributed by atoms with Gasteiger partial charge in [0, 0.05) is 12.7 Å². The number of nitrogens with one attached hydrogen (secondary N) is 1. The minimum atomic E-state index is -0.413. The maximum atomic E-state index is 12.3. The van der Waals surface area contributed by atoms with Gasteiger partial charge in [-0.1, -0.05) is 30.3 Å². The number of para-hydroxylation sites is 2. The maximum Gasteiger partial charge on any atom is 0.275 e. The highest BCUT2D eigenvalue weighted by atomic mass is 16.1. The van der Waals surface area contributed by atoms with Crippen LogP contribution in [-0.4, -0.2) is 22.9 Å². The molecule has 0 aliphatic heterocycles. The maximum absolute atomic E-state index is 12.3. The Hall–Kier alpha value is -3.72. The lowest BCUT2D eigenvalue weighted by atomic mass is 10.2. The molecule has 1 aromatic heterocycles. The number of nitriles is 1. The van der Waals surface area contributed by atoms with Crippen LogP contribution in [0.2, 0.25) is 0 Å². The van der Waals surface area contributed by atoms with Crippen LogP contribution in [0.4, 0.5) is 17.2 Å². The number of rotatable bonds is 4. The predicted molar refractivity (Wildman–Crippen MR) is 95.6 cm³/mol. The van der Waals surface area contributed by atoms with Crippen LogP contribution >= 0.6 is 0 Å². The van der Waals surface area contributed by atoms with Gasteiger partial charge < -0.3 is 10.2 Å². The summed E-state index contributed by atoms with van der Waals surface area (Å²) in [7, 11) is 1.88. The highest BCUT2D eigenvalue weighted by Gasteiger charge is 2.12. The Labute approximate surface area is 145 Å². The first-order chi connectivity index (χ1) is 12.2. The van der Waals surface area contributed by atoms with E-state index in [9.17, 15) is 4.79 Å². The minimum absolute atomic E-state index is 0.179. The number of aromatic nitrogens is 2. The Balaban J connectivity index is 1.76. The molecule has 25 heavy (non-hydrogen) atoms. The van der Waals surface area contributed by atoms with Crippen LogP contribution in [0.25, 0.3) is 0 Å². The van der Waals surface area contributed by atoms with Crippen molar-refractivity contribution in [2.45, 2.75) is 0 Å². The molecule has 6 heteroatoms. The second kappa shape index (κ2) is 7.23. The molecule has 0 fully saturated rings. The van der Waals surface area contributed by atoms with Crippen molar-refractivity contribution in [3.63, 3.8) is 0 Å². The van der Waals surface area contributed by atoms with Crippen LogP contribution in [0, 0.1) is 11.3 Å². The molecule has 0 aliphatic rings. The van der Waals surface area contributed by atoms with Gasteiger partial charge in [0.25, 0.3) is 5.91 Å². The predicted octanol–water partition coefficient (Wildman–Crippen LogP) is 3.37. The molecule has 122 valence electrons. The number of amides is 1. The van der Waals surface area contributed by atoms with E-state index in [4.69, 9.17) is 5.26 Å². The molecule has 0 aliphatic carbocycles. The van der Waals surface area contributed by atoms with E-state index < -0.39 is 5.91 Å². The lowest BCUT2D eigenvalue weighted by molar-refractivity contribution is 0.102. The van der Waals surface area contributed by atoms with E-state index >= 15 is 0 Å². The highest BCUT2D eigenvalue weighted by Crippen LogP contribution is 2.20. The van der Waals surface area contributed by atoms with E-state index in [2.05, 4.69) is 15.3 Å². The summed E-state index contributed by atoms with van der Waals surface area (Å²) in [5.74, 6) is 0.212. The molecule has 0 saturated carbocycles. The van der Waals surface area contributed by atoms with E-state index in [0.717, 1.165) is 5.69 Å². The number of anilines is 3. The van der Waals surface area contributed by atoms with Gasteiger partial charge in [0.2, 0.25) is 0 Å². The average Bonchev–Trinajstić information content (AvgIpc) is 2.68. The van der Waals surface area contributed by atoms with Crippen molar-refractivity contribution in [1.29, 1.82) is 5.26 Å². The molecule has 6 nitrogen and oxygen atoms in total. The molecule has 1 amide bonds. The third kappa shape index (κ3) is 3.62. The summed E-state index contributed by atoms with van der Waals surface area (Å²) < 4.78 is 0. The molecule has 0 atom stereocenters. The number of nitrogens with zero attached hydrogens (tertiary/aromatic N) is 4. The summed E-state index contributed by atoms with van der Waals surface area (Å²) in [5.41, 5.74) is 1.99. The molecule has 0 radical (unpaired) electrons.